The number of aromatic nitrogens is 3. The smallest absolute Gasteiger partial charge is 0.270 e. The number of carbonyl (C=O) groups is 2. The molecular formula is C15H19N5O2S. The van der Waals surface area contributed by atoms with Crippen LogP contribution in [0.4, 0.5) is 0 Å². The Hall–Kier alpha value is -2.22. The monoisotopic (exact) mass is 333 g/mol. The van der Waals surface area contributed by atoms with Gasteiger partial charge in [-0.15, -0.1) is 11.3 Å². The Labute approximate surface area is 137 Å². The Kier molecular flexibility index (Phi) is 4.71. The molecule has 1 saturated carbocycles. The van der Waals surface area contributed by atoms with Crippen LogP contribution in [0, 0.1) is 0 Å². The fraction of sp³-hybridized carbons (Fsp3) is 0.467. The van der Waals surface area contributed by atoms with Crippen LogP contribution in [0.5, 0.6) is 0 Å². The van der Waals surface area contributed by atoms with E-state index in [0.29, 0.717) is 5.69 Å². The van der Waals surface area contributed by atoms with E-state index in [4.69, 9.17) is 0 Å². The van der Waals surface area contributed by atoms with Crippen molar-refractivity contribution >= 4 is 23.2 Å². The van der Waals surface area contributed by atoms with Gasteiger partial charge in [-0.05, 0) is 25.7 Å². The van der Waals surface area contributed by atoms with Gasteiger partial charge in [-0.3, -0.25) is 9.59 Å². The van der Waals surface area contributed by atoms with E-state index >= 15 is 0 Å². The molecule has 1 fully saturated rings. The topological polar surface area (TPSA) is 99.8 Å². The van der Waals surface area contributed by atoms with Gasteiger partial charge < -0.3 is 15.6 Å². The molecule has 0 spiro atoms. The maximum atomic E-state index is 12.3. The second kappa shape index (κ2) is 6.91. The van der Waals surface area contributed by atoms with Gasteiger partial charge in [-0.1, -0.05) is 0 Å². The number of hydrogen-bond donors (Lipinski definition) is 3. The lowest BCUT2D eigenvalue weighted by atomic mass is 9.91. The van der Waals surface area contributed by atoms with Crippen LogP contribution in [-0.4, -0.2) is 38.8 Å². The zero-order valence-corrected chi connectivity index (χ0v) is 13.7. The lowest BCUT2D eigenvalue weighted by Gasteiger charge is -2.29. The summed E-state index contributed by atoms with van der Waals surface area (Å²) < 4.78 is 0. The van der Waals surface area contributed by atoms with Gasteiger partial charge in [0.1, 0.15) is 10.7 Å². The fourth-order valence-electron chi connectivity index (χ4n) is 2.80. The highest BCUT2D eigenvalue weighted by Gasteiger charge is 2.24. The Bertz CT molecular complexity index is 674. The molecule has 8 heteroatoms. The summed E-state index contributed by atoms with van der Waals surface area (Å²) in [5, 5.41) is 8.48. The molecule has 0 atom stereocenters. The van der Waals surface area contributed by atoms with Crippen LogP contribution >= 0.6 is 11.3 Å². The second-order valence-electron chi connectivity index (χ2n) is 5.73. The Morgan fingerprint density at radius 2 is 1.91 bits per heavy atom. The molecule has 2 heterocycles. The maximum Gasteiger partial charge on any atom is 0.270 e. The molecule has 3 rings (SSSR count). The van der Waals surface area contributed by atoms with E-state index in [2.05, 4.69) is 25.6 Å². The highest BCUT2D eigenvalue weighted by Crippen LogP contribution is 2.22. The minimum Gasteiger partial charge on any atom is -0.354 e. The number of amides is 2. The predicted octanol–water partition coefficient (Wildman–Crippen LogP) is 1.71. The molecule has 0 saturated heterocycles. The standard InChI is InChI=1S/C15H19N5O2S/c1-9(21)18-10-2-4-11(5-3-10)19-14(22)13-7-23-15(20-13)12-6-16-8-17-12/h6-8,10-11H,2-5H2,1H3,(H,16,17)(H,18,21)(H,19,22). The van der Waals surface area contributed by atoms with Crippen molar-refractivity contribution in [2.75, 3.05) is 0 Å². The van der Waals surface area contributed by atoms with Gasteiger partial charge in [0.15, 0.2) is 0 Å². The molecular weight excluding hydrogens is 314 g/mol. The van der Waals surface area contributed by atoms with Gasteiger partial charge in [0.25, 0.3) is 5.91 Å². The van der Waals surface area contributed by atoms with Crippen LogP contribution < -0.4 is 10.6 Å². The summed E-state index contributed by atoms with van der Waals surface area (Å²) in [7, 11) is 0. The molecule has 0 aliphatic heterocycles. The summed E-state index contributed by atoms with van der Waals surface area (Å²) in [5.74, 6) is -0.138. The molecule has 2 aromatic heterocycles. The van der Waals surface area contributed by atoms with Gasteiger partial charge in [0, 0.05) is 24.4 Å². The van der Waals surface area contributed by atoms with Gasteiger partial charge in [-0.2, -0.15) is 0 Å². The zero-order valence-electron chi connectivity index (χ0n) is 12.8. The quantitative estimate of drug-likeness (QED) is 0.793. The fourth-order valence-corrected chi connectivity index (χ4v) is 3.58. The summed E-state index contributed by atoms with van der Waals surface area (Å²) in [4.78, 5) is 34.6. The molecule has 7 nitrogen and oxygen atoms in total. The predicted molar refractivity (Wildman–Crippen MR) is 87.0 cm³/mol. The molecule has 3 N–H and O–H groups in total. The minimum absolute atomic E-state index is 0.00583. The summed E-state index contributed by atoms with van der Waals surface area (Å²) in [6.45, 7) is 1.54. The summed E-state index contributed by atoms with van der Waals surface area (Å²) in [6.07, 6.45) is 6.79. The minimum atomic E-state index is -0.144. The van der Waals surface area contributed by atoms with E-state index in [-0.39, 0.29) is 23.9 Å². The number of thiazole rings is 1. The van der Waals surface area contributed by atoms with E-state index in [1.54, 1.807) is 17.9 Å². The van der Waals surface area contributed by atoms with E-state index < -0.39 is 0 Å². The summed E-state index contributed by atoms with van der Waals surface area (Å²) in [6, 6.07) is 0.372. The molecule has 0 radical (unpaired) electrons. The van der Waals surface area contributed by atoms with Crippen molar-refractivity contribution in [2.24, 2.45) is 0 Å². The number of aromatic amines is 1. The number of imidazole rings is 1. The highest BCUT2D eigenvalue weighted by atomic mass is 32.1. The Morgan fingerprint density at radius 3 is 2.52 bits per heavy atom. The third-order valence-electron chi connectivity index (χ3n) is 3.94. The average molecular weight is 333 g/mol. The van der Waals surface area contributed by atoms with E-state index in [1.807, 2.05) is 0 Å². The summed E-state index contributed by atoms with van der Waals surface area (Å²) in [5.41, 5.74) is 1.24. The number of carbonyl (C=O) groups excluding carboxylic acids is 2. The van der Waals surface area contributed by atoms with Crippen LogP contribution in [0.3, 0.4) is 0 Å². The third-order valence-corrected chi connectivity index (χ3v) is 4.81. The maximum absolute atomic E-state index is 12.3. The first-order chi connectivity index (χ1) is 11.1. The lowest BCUT2D eigenvalue weighted by molar-refractivity contribution is -0.119. The molecule has 0 unspecified atom stereocenters. The van der Waals surface area contributed by atoms with Crippen LogP contribution in [0.1, 0.15) is 43.1 Å². The molecule has 122 valence electrons. The second-order valence-corrected chi connectivity index (χ2v) is 6.58. The van der Waals surface area contributed by atoms with Crippen molar-refractivity contribution < 1.29 is 9.59 Å². The molecule has 2 aromatic rings. The normalized spacial score (nSPS) is 20.9. The van der Waals surface area contributed by atoms with Gasteiger partial charge in [0.05, 0.1) is 18.2 Å². The van der Waals surface area contributed by atoms with Gasteiger partial charge in [0.2, 0.25) is 5.91 Å². The van der Waals surface area contributed by atoms with Crippen molar-refractivity contribution in [3.8, 4) is 10.7 Å². The first-order valence-electron chi connectivity index (χ1n) is 7.64. The molecule has 1 aliphatic rings. The number of nitrogens with zero attached hydrogens (tertiary/aromatic N) is 2. The number of rotatable bonds is 4. The first kappa shape index (κ1) is 15.7. The van der Waals surface area contributed by atoms with Gasteiger partial charge >= 0.3 is 0 Å². The SMILES string of the molecule is CC(=O)NC1CCC(NC(=O)c2csc(-c3cnc[nH]3)n2)CC1. The highest BCUT2D eigenvalue weighted by molar-refractivity contribution is 7.13. The largest absolute Gasteiger partial charge is 0.354 e. The van der Waals surface area contributed by atoms with Gasteiger partial charge in [-0.25, -0.2) is 9.97 Å². The van der Waals surface area contributed by atoms with Crippen molar-refractivity contribution in [3.63, 3.8) is 0 Å². The lowest BCUT2D eigenvalue weighted by Crippen LogP contribution is -2.43. The van der Waals surface area contributed by atoms with Crippen LogP contribution in [0.15, 0.2) is 17.9 Å². The molecule has 23 heavy (non-hydrogen) atoms. The van der Waals surface area contributed by atoms with E-state index in [0.717, 1.165) is 36.4 Å². The number of hydrogen-bond acceptors (Lipinski definition) is 5. The van der Waals surface area contributed by atoms with Crippen molar-refractivity contribution in [3.05, 3.63) is 23.6 Å². The van der Waals surface area contributed by atoms with Crippen molar-refractivity contribution in [2.45, 2.75) is 44.7 Å². The zero-order chi connectivity index (χ0) is 16.2. The van der Waals surface area contributed by atoms with E-state index in [9.17, 15) is 9.59 Å². The van der Waals surface area contributed by atoms with Crippen molar-refractivity contribution in [1.82, 2.24) is 25.6 Å². The molecule has 0 aromatic carbocycles. The van der Waals surface area contributed by atoms with Crippen LogP contribution in [-0.2, 0) is 4.79 Å². The molecule has 2 amide bonds. The first-order valence-corrected chi connectivity index (χ1v) is 8.52. The molecule has 0 bridgehead atoms. The Morgan fingerprint density at radius 1 is 1.22 bits per heavy atom. The van der Waals surface area contributed by atoms with E-state index in [1.165, 1.54) is 18.3 Å². The molecule has 1 aliphatic carbocycles. The average Bonchev–Trinajstić information content (AvgIpc) is 3.19. The number of H-pyrrole nitrogens is 1. The van der Waals surface area contributed by atoms with Crippen LogP contribution in [0.25, 0.3) is 10.7 Å². The Balaban J connectivity index is 1.53. The van der Waals surface area contributed by atoms with Crippen molar-refractivity contribution in [1.29, 1.82) is 0 Å². The third kappa shape index (κ3) is 3.95. The number of nitrogens with one attached hydrogen (secondary N) is 3. The summed E-state index contributed by atoms with van der Waals surface area (Å²) >= 11 is 1.41. The van der Waals surface area contributed by atoms with Crippen LogP contribution in [0.2, 0.25) is 0 Å².